The largest absolute Gasteiger partial charge is 0.329 e. The number of para-hydroxylation sites is 1. The van der Waals surface area contributed by atoms with E-state index in [0.717, 1.165) is 17.9 Å². The van der Waals surface area contributed by atoms with Gasteiger partial charge in [0.2, 0.25) is 0 Å². The Kier molecular flexibility index (Phi) is 3.60. The lowest BCUT2D eigenvalue weighted by Gasteiger charge is -2.16. The normalized spacial score (nSPS) is 17.5. The third-order valence-electron chi connectivity index (χ3n) is 3.89. The van der Waals surface area contributed by atoms with Gasteiger partial charge in [-0.2, -0.15) is 0 Å². The van der Waals surface area contributed by atoms with Crippen molar-refractivity contribution in [1.29, 1.82) is 0 Å². The highest BCUT2D eigenvalue weighted by Crippen LogP contribution is 2.05. The zero-order valence-electron chi connectivity index (χ0n) is 11.1. The van der Waals surface area contributed by atoms with Crippen LogP contribution in [0.2, 0.25) is 0 Å². The van der Waals surface area contributed by atoms with E-state index >= 15 is 0 Å². The molecule has 0 saturated carbocycles. The number of benzene rings is 1. The molecule has 0 radical (unpaired) electrons. The Morgan fingerprint density at radius 3 is 2.63 bits per heavy atom. The minimum absolute atomic E-state index is 0.0187. The molecule has 0 aliphatic carbocycles. The summed E-state index contributed by atoms with van der Waals surface area (Å²) < 4.78 is 0. The molecule has 2 aromatic rings. The van der Waals surface area contributed by atoms with Crippen LogP contribution in [0, 0.1) is 0 Å². The van der Waals surface area contributed by atoms with Gasteiger partial charge in [0.25, 0.3) is 5.56 Å². The van der Waals surface area contributed by atoms with Gasteiger partial charge in [-0.05, 0) is 37.8 Å². The monoisotopic (exact) mass is 258 g/mol. The van der Waals surface area contributed by atoms with Crippen molar-refractivity contribution in [2.45, 2.75) is 32.2 Å². The summed E-state index contributed by atoms with van der Waals surface area (Å²) in [5.41, 5.74) is 0.783. The summed E-state index contributed by atoms with van der Waals surface area (Å²) in [7, 11) is 0. The number of aromatic nitrogens is 2. The van der Waals surface area contributed by atoms with E-state index in [4.69, 9.17) is 0 Å². The van der Waals surface area contributed by atoms with Crippen molar-refractivity contribution in [3.8, 4) is 0 Å². The molecule has 100 valence electrons. The van der Waals surface area contributed by atoms with Crippen LogP contribution in [0.1, 0.15) is 31.5 Å². The fraction of sp³-hybridized carbons (Fsp3) is 0.467. The molecular formula is C15H20N3O+. The lowest BCUT2D eigenvalue weighted by atomic mass is 10.2. The van der Waals surface area contributed by atoms with Crippen LogP contribution in [-0.2, 0) is 6.54 Å². The summed E-state index contributed by atoms with van der Waals surface area (Å²) in [6.45, 7) is 3.22. The number of H-pyrrole nitrogens is 1. The number of aromatic amines is 1. The molecule has 1 aliphatic rings. The number of fused-ring (bicyclic) bond motifs is 1. The van der Waals surface area contributed by atoms with Crippen molar-refractivity contribution in [3.63, 3.8) is 0 Å². The molecule has 0 atom stereocenters. The van der Waals surface area contributed by atoms with Crippen LogP contribution >= 0.6 is 0 Å². The van der Waals surface area contributed by atoms with E-state index in [1.807, 2.05) is 24.3 Å². The molecule has 0 unspecified atom stereocenters. The highest BCUT2D eigenvalue weighted by atomic mass is 16.1. The Morgan fingerprint density at radius 1 is 1.11 bits per heavy atom. The molecule has 3 rings (SSSR count). The number of hydrogen-bond acceptors (Lipinski definition) is 2. The van der Waals surface area contributed by atoms with Gasteiger partial charge in [0, 0.05) is 0 Å². The second-order valence-electron chi connectivity index (χ2n) is 5.37. The summed E-state index contributed by atoms with van der Waals surface area (Å²) in [6.07, 6.45) is 5.25. The van der Waals surface area contributed by atoms with Crippen molar-refractivity contribution in [2.24, 2.45) is 0 Å². The summed E-state index contributed by atoms with van der Waals surface area (Å²) >= 11 is 0. The van der Waals surface area contributed by atoms with Crippen molar-refractivity contribution in [1.82, 2.24) is 9.97 Å². The topological polar surface area (TPSA) is 50.2 Å². The predicted molar refractivity (Wildman–Crippen MR) is 75.2 cm³/mol. The number of rotatable bonds is 2. The Bertz CT molecular complexity index is 612. The highest BCUT2D eigenvalue weighted by Gasteiger charge is 2.14. The lowest BCUT2D eigenvalue weighted by molar-refractivity contribution is -0.913. The molecule has 1 aromatic carbocycles. The molecule has 19 heavy (non-hydrogen) atoms. The van der Waals surface area contributed by atoms with Gasteiger partial charge in [-0.3, -0.25) is 4.79 Å². The third kappa shape index (κ3) is 2.84. The van der Waals surface area contributed by atoms with Gasteiger partial charge >= 0.3 is 0 Å². The van der Waals surface area contributed by atoms with Crippen LogP contribution in [0.25, 0.3) is 10.9 Å². The predicted octanol–water partition coefficient (Wildman–Crippen LogP) is 0.882. The SMILES string of the molecule is O=c1[nH]c(C[NH+]2CCCCCC2)nc2ccccc12. The van der Waals surface area contributed by atoms with E-state index in [9.17, 15) is 4.79 Å². The van der Waals surface area contributed by atoms with Crippen molar-refractivity contribution < 1.29 is 4.90 Å². The first-order chi connectivity index (χ1) is 9.33. The number of nitrogens with zero attached hydrogens (tertiary/aromatic N) is 1. The molecule has 1 saturated heterocycles. The summed E-state index contributed by atoms with van der Waals surface area (Å²) in [4.78, 5) is 21.1. The van der Waals surface area contributed by atoms with Crippen LogP contribution in [0.5, 0.6) is 0 Å². The van der Waals surface area contributed by atoms with Crippen LogP contribution in [0.3, 0.4) is 0 Å². The zero-order chi connectivity index (χ0) is 13.1. The number of likely N-dealkylation sites (tertiary alicyclic amines) is 1. The molecule has 1 aliphatic heterocycles. The van der Waals surface area contributed by atoms with Gasteiger partial charge in [0.15, 0.2) is 5.82 Å². The minimum atomic E-state index is -0.0187. The molecule has 1 fully saturated rings. The second-order valence-corrected chi connectivity index (χ2v) is 5.37. The Labute approximate surface area is 112 Å². The average molecular weight is 258 g/mol. The molecule has 4 nitrogen and oxygen atoms in total. The molecule has 2 heterocycles. The summed E-state index contributed by atoms with van der Waals surface area (Å²) in [6, 6.07) is 7.53. The number of quaternary nitrogens is 1. The molecule has 2 N–H and O–H groups in total. The van der Waals surface area contributed by atoms with Crippen LogP contribution in [0.4, 0.5) is 0 Å². The van der Waals surface area contributed by atoms with Crippen molar-refractivity contribution in [3.05, 3.63) is 40.4 Å². The second kappa shape index (κ2) is 5.53. The molecular weight excluding hydrogens is 238 g/mol. The quantitative estimate of drug-likeness (QED) is 0.840. The van der Waals surface area contributed by atoms with E-state index < -0.39 is 0 Å². The Morgan fingerprint density at radius 2 is 1.84 bits per heavy atom. The van der Waals surface area contributed by atoms with Gasteiger partial charge in [-0.25, -0.2) is 4.98 Å². The summed E-state index contributed by atoms with van der Waals surface area (Å²) in [5.74, 6) is 0.820. The van der Waals surface area contributed by atoms with E-state index in [1.54, 1.807) is 0 Å². The van der Waals surface area contributed by atoms with Gasteiger partial charge in [0.1, 0.15) is 6.54 Å². The minimum Gasteiger partial charge on any atom is -0.329 e. The van der Waals surface area contributed by atoms with Gasteiger partial charge < -0.3 is 9.88 Å². The van der Waals surface area contributed by atoms with Gasteiger partial charge in [-0.1, -0.05) is 12.1 Å². The number of nitrogens with one attached hydrogen (secondary N) is 2. The van der Waals surface area contributed by atoms with Crippen LogP contribution < -0.4 is 10.5 Å². The fourth-order valence-electron chi connectivity index (χ4n) is 2.86. The van der Waals surface area contributed by atoms with Gasteiger partial charge in [-0.15, -0.1) is 0 Å². The molecule has 0 bridgehead atoms. The maximum Gasteiger partial charge on any atom is 0.258 e. The standard InChI is InChI=1S/C15H19N3O/c19-15-12-7-3-4-8-13(12)16-14(17-15)11-18-9-5-1-2-6-10-18/h3-4,7-8H,1-2,5-6,9-11H2,(H,16,17,19)/p+1. The Balaban J connectivity index is 1.86. The van der Waals surface area contributed by atoms with E-state index in [-0.39, 0.29) is 5.56 Å². The zero-order valence-corrected chi connectivity index (χ0v) is 11.1. The van der Waals surface area contributed by atoms with E-state index in [0.29, 0.717) is 5.39 Å². The highest BCUT2D eigenvalue weighted by molar-refractivity contribution is 5.77. The molecule has 0 spiro atoms. The van der Waals surface area contributed by atoms with Crippen LogP contribution in [0.15, 0.2) is 29.1 Å². The van der Waals surface area contributed by atoms with Gasteiger partial charge in [0.05, 0.1) is 24.0 Å². The maximum atomic E-state index is 12.0. The smallest absolute Gasteiger partial charge is 0.258 e. The molecule has 0 amide bonds. The van der Waals surface area contributed by atoms with Crippen molar-refractivity contribution in [2.75, 3.05) is 13.1 Å². The maximum absolute atomic E-state index is 12.0. The van der Waals surface area contributed by atoms with Crippen molar-refractivity contribution >= 4 is 10.9 Å². The lowest BCUT2D eigenvalue weighted by Crippen LogP contribution is -3.10. The van der Waals surface area contributed by atoms with E-state index in [1.165, 1.54) is 43.7 Å². The third-order valence-corrected chi connectivity index (χ3v) is 3.89. The molecule has 1 aromatic heterocycles. The molecule has 4 heteroatoms. The first-order valence-electron chi connectivity index (χ1n) is 7.14. The van der Waals surface area contributed by atoms with E-state index in [2.05, 4.69) is 9.97 Å². The fourth-order valence-corrected chi connectivity index (χ4v) is 2.86. The first kappa shape index (κ1) is 12.4. The van der Waals surface area contributed by atoms with Crippen LogP contribution in [-0.4, -0.2) is 23.1 Å². The Hall–Kier alpha value is -1.68. The first-order valence-corrected chi connectivity index (χ1v) is 7.14. The summed E-state index contributed by atoms with van der Waals surface area (Å²) in [5, 5.41) is 0.678. The number of hydrogen-bond donors (Lipinski definition) is 2. The average Bonchev–Trinajstić information content (AvgIpc) is 2.67.